The summed E-state index contributed by atoms with van der Waals surface area (Å²) in [5, 5.41) is 16.2. The van der Waals surface area contributed by atoms with E-state index in [0.29, 0.717) is 0 Å². The minimum atomic E-state index is -0.741. The van der Waals surface area contributed by atoms with E-state index in [-0.39, 0.29) is 12.5 Å². The molecule has 0 radical (unpaired) electrons. The highest BCUT2D eigenvalue weighted by atomic mass is 32.1. The van der Waals surface area contributed by atoms with Crippen LogP contribution in [-0.4, -0.2) is 17.6 Å². The van der Waals surface area contributed by atoms with Gasteiger partial charge in [0, 0.05) is 6.04 Å². The van der Waals surface area contributed by atoms with Gasteiger partial charge in [-0.1, -0.05) is 0 Å². The number of nitrogens with one attached hydrogen (secondary N) is 1. The number of hydrogen-bond donors (Lipinski definition) is 2. The fourth-order valence-corrected chi connectivity index (χ4v) is 2.30. The monoisotopic (exact) mass is 225 g/mol. The number of rotatable bonds is 6. The van der Waals surface area contributed by atoms with Gasteiger partial charge >= 0.3 is 5.97 Å². The first kappa shape index (κ1) is 10.6. The predicted octanol–water partition coefficient (Wildman–Crippen LogP) is 2.26. The van der Waals surface area contributed by atoms with Gasteiger partial charge in [0.2, 0.25) is 0 Å². The van der Waals surface area contributed by atoms with Crippen LogP contribution in [0.5, 0.6) is 0 Å². The Morgan fingerprint density at radius 1 is 1.67 bits per heavy atom. The van der Waals surface area contributed by atoms with Crippen molar-refractivity contribution >= 4 is 17.3 Å². The van der Waals surface area contributed by atoms with Gasteiger partial charge in [0.25, 0.3) is 0 Å². The van der Waals surface area contributed by atoms with Gasteiger partial charge in [-0.25, -0.2) is 0 Å². The summed E-state index contributed by atoms with van der Waals surface area (Å²) in [5.74, 6) is 0.0365. The molecule has 1 saturated carbocycles. The molecule has 1 aliphatic rings. The maximum atomic E-state index is 10.7. The minimum absolute atomic E-state index is 0.0191. The molecular formula is C11H15NO2S. The zero-order chi connectivity index (χ0) is 10.7. The highest BCUT2D eigenvalue weighted by molar-refractivity contribution is 7.07. The summed E-state index contributed by atoms with van der Waals surface area (Å²) in [4.78, 5) is 10.7. The van der Waals surface area contributed by atoms with Crippen molar-refractivity contribution in [1.82, 2.24) is 5.32 Å². The van der Waals surface area contributed by atoms with Gasteiger partial charge in [0.15, 0.2) is 0 Å². The van der Waals surface area contributed by atoms with Gasteiger partial charge in [-0.2, -0.15) is 11.3 Å². The molecule has 0 bridgehead atoms. The fraction of sp³-hybridized carbons (Fsp3) is 0.545. The number of carbonyl (C=O) groups is 1. The van der Waals surface area contributed by atoms with Gasteiger partial charge in [-0.3, -0.25) is 4.79 Å². The topological polar surface area (TPSA) is 49.3 Å². The van der Waals surface area contributed by atoms with E-state index < -0.39 is 5.97 Å². The number of hydrogen-bond acceptors (Lipinski definition) is 3. The zero-order valence-corrected chi connectivity index (χ0v) is 9.30. The summed E-state index contributed by atoms with van der Waals surface area (Å²) < 4.78 is 0. The van der Waals surface area contributed by atoms with Crippen molar-refractivity contribution in [3.63, 3.8) is 0 Å². The Bertz CT molecular complexity index is 319. The van der Waals surface area contributed by atoms with Gasteiger partial charge in [-0.15, -0.1) is 0 Å². The van der Waals surface area contributed by atoms with Gasteiger partial charge in [-0.05, 0) is 47.7 Å². The summed E-state index contributed by atoms with van der Waals surface area (Å²) in [7, 11) is 0. The first-order valence-electron chi connectivity index (χ1n) is 5.23. The molecule has 1 aliphatic carbocycles. The summed E-state index contributed by atoms with van der Waals surface area (Å²) in [5.41, 5.74) is 1.10. The Morgan fingerprint density at radius 2 is 2.47 bits per heavy atom. The molecule has 0 saturated heterocycles. The van der Waals surface area contributed by atoms with E-state index in [1.807, 2.05) is 16.8 Å². The molecule has 2 N–H and O–H groups in total. The fourth-order valence-electron chi connectivity index (χ4n) is 1.59. The lowest BCUT2D eigenvalue weighted by atomic mass is 10.1. The van der Waals surface area contributed by atoms with Crippen molar-refractivity contribution in [2.45, 2.75) is 25.3 Å². The van der Waals surface area contributed by atoms with Crippen molar-refractivity contribution in [2.24, 2.45) is 5.92 Å². The molecule has 82 valence electrons. The van der Waals surface area contributed by atoms with Gasteiger partial charge in [0.1, 0.15) is 0 Å². The first-order chi connectivity index (χ1) is 7.25. The second-order valence-electron chi connectivity index (χ2n) is 4.06. The molecule has 3 nitrogen and oxygen atoms in total. The third-order valence-corrected chi connectivity index (χ3v) is 3.38. The quantitative estimate of drug-likeness (QED) is 0.780. The lowest BCUT2D eigenvalue weighted by Gasteiger charge is -2.15. The number of aliphatic carboxylic acids is 1. The zero-order valence-electron chi connectivity index (χ0n) is 8.48. The van der Waals surface area contributed by atoms with E-state index in [2.05, 4.69) is 5.32 Å². The molecule has 2 rings (SSSR count). The van der Waals surface area contributed by atoms with Crippen LogP contribution >= 0.6 is 11.3 Å². The highest BCUT2D eigenvalue weighted by Crippen LogP contribution is 2.29. The molecule has 15 heavy (non-hydrogen) atoms. The Labute approximate surface area is 93.1 Å². The van der Waals surface area contributed by atoms with Crippen molar-refractivity contribution in [2.75, 3.05) is 6.54 Å². The van der Waals surface area contributed by atoms with Crippen LogP contribution in [0.1, 0.15) is 30.9 Å². The Kier molecular flexibility index (Phi) is 3.38. The largest absolute Gasteiger partial charge is 0.481 e. The van der Waals surface area contributed by atoms with E-state index >= 15 is 0 Å². The minimum Gasteiger partial charge on any atom is -0.481 e. The molecule has 0 amide bonds. The Morgan fingerprint density at radius 3 is 3.00 bits per heavy atom. The van der Waals surface area contributed by atoms with Crippen molar-refractivity contribution < 1.29 is 9.90 Å². The van der Waals surface area contributed by atoms with Gasteiger partial charge in [0.05, 0.1) is 6.42 Å². The van der Waals surface area contributed by atoms with E-state index in [1.165, 1.54) is 12.8 Å². The third kappa shape index (κ3) is 3.32. The normalized spacial score (nSPS) is 17.6. The molecular weight excluding hydrogens is 210 g/mol. The number of carboxylic acid groups (broad SMARTS) is 1. The SMILES string of the molecule is O=C(O)CC(NCC1CC1)c1ccsc1. The molecule has 1 unspecified atom stereocenters. The molecule has 1 aromatic rings. The van der Waals surface area contributed by atoms with Crippen LogP contribution in [0.3, 0.4) is 0 Å². The highest BCUT2D eigenvalue weighted by Gasteiger charge is 2.23. The van der Waals surface area contributed by atoms with E-state index in [4.69, 9.17) is 5.11 Å². The van der Waals surface area contributed by atoms with Crippen LogP contribution in [0.2, 0.25) is 0 Å². The maximum absolute atomic E-state index is 10.7. The summed E-state index contributed by atoms with van der Waals surface area (Å²) in [6.45, 7) is 0.952. The molecule has 0 aliphatic heterocycles. The van der Waals surface area contributed by atoms with Crippen molar-refractivity contribution in [3.8, 4) is 0 Å². The second-order valence-corrected chi connectivity index (χ2v) is 4.84. The van der Waals surface area contributed by atoms with E-state index in [0.717, 1.165) is 18.0 Å². The molecule has 1 fully saturated rings. The molecule has 1 atom stereocenters. The lowest BCUT2D eigenvalue weighted by Crippen LogP contribution is -2.25. The number of thiophene rings is 1. The Hall–Kier alpha value is -0.870. The van der Waals surface area contributed by atoms with E-state index in [9.17, 15) is 4.79 Å². The lowest BCUT2D eigenvalue weighted by molar-refractivity contribution is -0.137. The van der Waals surface area contributed by atoms with Crippen LogP contribution < -0.4 is 5.32 Å². The average Bonchev–Trinajstić information content (AvgIpc) is 2.85. The number of carboxylic acids is 1. The van der Waals surface area contributed by atoms with Crippen LogP contribution in [-0.2, 0) is 4.79 Å². The average molecular weight is 225 g/mol. The smallest absolute Gasteiger partial charge is 0.305 e. The molecule has 0 spiro atoms. The molecule has 1 aromatic heterocycles. The van der Waals surface area contributed by atoms with Gasteiger partial charge < -0.3 is 10.4 Å². The molecule has 1 heterocycles. The summed E-state index contributed by atoms with van der Waals surface area (Å²) in [6, 6.07) is 1.98. The van der Waals surface area contributed by atoms with Crippen LogP contribution in [0.25, 0.3) is 0 Å². The standard InChI is InChI=1S/C11H15NO2S/c13-11(14)5-10(9-3-4-15-7-9)12-6-8-1-2-8/h3-4,7-8,10,12H,1-2,5-6H2,(H,13,14). The molecule has 4 heteroatoms. The van der Waals surface area contributed by atoms with Crippen LogP contribution in [0, 0.1) is 5.92 Å². The first-order valence-corrected chi connectivity index (χ1v) is 6.17. The maximum Gasteiger partial charge on any atom is 0.305 e. The van der Waals surface area contributed by atoms with Crippen molar-refractivity contribution in [1.29, 1.82) is 0 Å². The van der Waals surface area contributed by atoms with Crippen molar-refractivity contribution in [3.05, 3.63) is 22.4 Å². The molecule has 0 aromatic carbocycles. The third-order valence-electron chi connectivity index (χ3n) is 2.67. The summed E-state index contributed by atoms with van der Waals surface area (Å²) >= 11 is 1.61. The second kappa shape index (κ2) is 4.77. The summed E-state index contributed by atoms with van der Waals surface area (Å²) in [6.07, 6.45) is 2.75. The predicted molar refractivity (Wildman–Crippen MR) is 60.0 cm³/mol. The Balaban J connectivity index is 1.91. The van der Waals surface area contributed by atoms with Crippen LogP contribution in [0.15, 0.2) is 16.8 Å². The van der Waals surface area contributed by atoms with Crippen LogP contribution in [0.4, 0.5) is 0 Å². The van der Waals surface area contributed by atoms with E-state index in [1.54, 1.807) is 11.3 Å².